The van der Waals surface area contributed by atoms with Crippen molar-refractivity contribution in [2.45, 2.75) is 18.8 Å². The zero-order valence-electron chi connectivity index (χ0n) is 19.4. The van der Waals surface area contributed by atoms with Crippen molar-refractivity contribution in [1.29, 1.82) is 0 Å². The summed E-state index contributed by atoms with van der Waals surface area (Å²) in [5.74, 6) is 0.300. The number of hydrazone groups is 1. The van der Waals surface area contributed by atoms with Crippen LogP contribution in [-0.4, -0.2) is 36.2 Å². The van der Waals surface area contributed by atoms with Crippen LogP contribution in [0.5, 0.6) is 5.75 Å². The van der Waals surface area contributed by atoms with E-state index in [0.717, 1.165) is 27.8 Å². The molecule has 0 spiro atoms. The summed E-state index contributed by atoms with van der Waals surface area (Å²) >= 11 is 0. The molecule has 0 saturated heterocycles. The number of amides is 2. The number of rotatable bonds is 7. The molecule has 0 fully saturated rings. The Morgan fingerprint density at radius 2 is 1.77 bits per heavy atom. The number of hydrogen-bond donors (Lipinski definition) is 2. The number of carbonyl (C=O) groups is 2. The van der Waals surface area contributed by atoms with Crippen molar-refractivity contribution in [3.8, 4) is 5.75 Å². The lowest BCUT2D eigenvalue weighted by Crippen LogP contribution is -2.40. The molecular weight excluding hydrogens is 440 g/mol. The van der Waals surface area contributed by atoms with Crippen molar-refractivity contribution in [3.63, 3.8) is 0 Å². The standard InChI is InChI=1S/C28H26N4O3/c1-35-21-13-11-19(12-14-21)23(24-18-29-25-10-6-5-9-22(24)25)17-30-28(34)26-15-16-27(33)32(31-26)20-7-3-2-4-8-20/h2-14,18,23,29H,15-17H2,1H3,(H,30,34). The molecule has 2 N–H and O–H groups in total. The number of aromatic amines is 1. The van der Waals surface area contributed by atoms with Crippen LogP contribution in [0.2, 0.25) is 0 Å². The molecule has 1 aliphatic rings. The van der Waals surface area contributed by atoms with E-state index in [4.69, 9.17) is 4.74 Å². The van der Waals surface area contributed by atoms with E-state index in [9.17, 15) is 9.59 Å². The maximum Gasteiger partial charge on any atom is 0.267 e. The van der Waals surface area contributed by atoms with Gasteiger partial charge in [-0.15, -0.1) is 0 Å². The van der Waals surface area contributed by atoms with Crippen molar-refractivity contribution in [2.75, 3.05) is 18.7 Å². The van der Waals surface area contributed by atoms with E-state index < -0.39 is 0 Å². The molecule has 1 unspecified atom stereocenters. The van der Waals surface area contributed by atoms with Gasteiger partial charge in [0.05, 0.1) is 12.8 Å². The number of nitrogens with zero attached hydrogens (tertiary/aromatic N) is 2. The molecule has 0 bridgehead atoms. The van der Waals surface area contributed by atoms with Crippen molar-refractivity contribution in [2.24, 2.45) is 5.10 Å². The fraction of sp³-hybridized carbons (Fsp3) is 0.179. The van der Waals surface area contributed by atoms with Gasteiger partial charge in [-0.25, -0.2) is 5.01 Å². The molecule has 7 heteroatoms. The van der Waals surface area contributed by atoms with Gasteiger partial charge in [0.2, 0.25) is 5.91 Å². The van der Waals surface area contributed by atoms with Crippen molar-refractivity contribution >= 4 is 34.1 Å². The fourth-order valence-corrected chi connectivity index (χ4v) is 4.41. The normalized spacial score (nSPS) is 14.5. The number of para-hydroxylation sites is 2. The van der Waals surface area contributed by atoms with Crippen LogP contribution in [0.4, 0.5) is 5.69 Å². The second kappa shape index (κ2) is 9.85. The molecule has 5 rings (SSSR count). The van der Waals surface area contributed by atoms with Crippen LogP contribution in [0, 0.1) is 0 Å². The minimum Gasteiger partial charge on any atom is -0.497 e. The average Bonchev–Trinajstić information content (AvgIpc) is 3.34. The molecule has 176 valence electrons. The molecule has 0 radical (unpaired) electrons. The van der Waals surface area contributed by atoms with E-state index in [0.29, 0.717) is 24.4 Å². The predicted octanol–water partition coefficient (Wildman–Crippen LogP) is 4.61. The van der Waals surface area contributed by atoms with Gasteiger partial charge in [-0.2, -0.15) is 5.10 Å². The number of fused-ring (bicyclic) bond motifs is 1. The summed E-state index contributed by atoms with van der Waals surface area (Å²) in [6.07, 6.45) is 2.56. The maximum atomic E-state index is 13.1. The van der Waals surface area contributed by atoms with Crippen LogP contribution in [-0.2, 0) is 9.59 Å². The summed E-state index contributed by atoms with van der Waals surface area (Å²) in [4.78, 5) is 28.9. The van der Waals surface area contributed by atoms with E-state index >= 15 is 0 Å². The van der Waals surface area contributed by atoms with Crippen LogP contribution in [0.25, 0.3) is 10.9 Å². The molecule has 35 heavy (non-hydrogen) atoms. The number of methoxy groups -OCH3 is 1. The van der Waals surface area contributed by atoms with Crippen LogP contribution in [0.3, 0.4) is 0 Å². The predicted molar refractivity (Wildman–Crippen MR) is 137 cm³/mol. The van der Waals surface area contributed by atoms with Gasteiger partial charge in [-0.05, 0) is 41.5 Å². The van der Waals surface area contributed by atoms with Crippen LogP contribution < -0.4 is 15.1 Å². The minimum atomic E-state index is -0.267. The highest BCUT2D eigenvalue weighted by Crippen LogP contribution is 2.31. The summed E-state index contributed by atoms with van der Waals surface area (Å²) in [7, 11) is 1.64. The number of anilines is 1. The van der Waals surface area contributed by atoms with Gasteiger partial charge >= 0.3 is 0 Å². The van der Waals surface area contributed by atoms with Crippen LogP contribution in [0.1, 0.15) is 29.9 Å². The molecule has 0 saturated carbocycles. The topological polar surface area (TPSA) is 86.8 Å². The third kappa shape index (κ3) is 4.66. The Morgan fingerprint density at radius 1 is 1.03 bits per heavy atom. The fourth-order valence-electron chi connectivity index (χ4n) is 4.41. The van der Waals surface area contributed by atoms with E-state index in [1.54, 1.807) is 19.2 Å². The minimum absolute atomic E-state index is 0.0861. The van der Waals surface area contributed by atoms with Gasteiger partial charge in [0, 0.05) is 42.4 Å². The number of aromatic nitrogens is 1. The Balaban J connectivity index is 1.41. The lowest BCUT2D eigenvalue weighted by atomic mass is 9.90. The molecule has 1 aromatic heterocycles. The van der Waals surface area contributed by atoms with E-state index in [1.807, 2.05) is 66.9 Å². The Kier molecular flexibility index (Phi) is 6.30. The highest BCUT2D eigenvalue weighted by atomic mass is 16.5. The smallest absolute Gasteiger partial charge is 0.267 e. The molecule has 2 amide bonds. The number of ether oxygens (including phenoxy) is 1. The lowest BCUT2D eigenvalue weighted by Gasteiger charge is -2.24. The third-order valence-electron chi connectivity index (χ3n) is 6.28. The van der Waals surface area contributed by atoms with Gasteiger partial charge in [0.15, 0.2) is 0 Å². The highest BCUT2D eigenvalue weighted by Gasteiger charge is 2.26. The quantitative estimate of drug-likeness (QED) is 0.417. The first kappa shape index (κ1) is 22.4. The lowest BCUT2D eigenvalue weighted by molar-refractivity contribution is -0.118. The molecule has 4 aromatic rings. The second-order valence-corrected chi connectivity index (χ2v) is 8.41. The van der Waals surface area contributed by atoms with Crippen molar-refractivity contribution in [1.82, 2.24) is 10.3 Å². The highest BCUT2D eigenvalue weighted by molar-refractivity contribution is 6.40. The van der Waals surface area contributed by atoms with Crippen LogP contribution >= 0.6 is 0 Å². The summed E-state index contributed by atoms with van der Waals surface area (Å²) < 4.78 is 5.32. The van der Waals surface area contributed by atoms with Gasteiger partial charge < -0.3 is 15.0 Å². The first-order valence-corrected chi connectivity index (χ1v) is 11.6. The third-order valence-corrected chi connectivity index (χ3v) is 6.28. The summed E-state index contributed by atoms with van der Waals surface area (Å²) in [6.45, 7) is 0.380. The van der Waals surface area contributed by atoms with Crippen molar-refractivity contribution in [3.05, 3.63) is 96.2 Å². The number of H-pyrrole nitrogens is 1. The molecule has 2 heterocycles. The number of benzene rings is 3. The average molecular weight is 467 g/mol. The zero-order chi connectivity index (χ0) is 24.2. The molecule has 1 atom stereocenters. The number of carbonyl (C=O) groups excluding carboxylic acids is 2. The van der Waals surface area contributed by atoms with E-state index in [1.165, 1.54) is 5.01 Å². The van der Waals surface area contributed by atoms with Gasteiger partial charge in [-0.3, -0.25) is 9.59 Å². The molecule has 7 nitrogen and oxygen atoms in total. The molecule has 0 aliphatic carbocycles. The Labute approximate surface area is 203 Å². The first-order chi connectivity index (χ1) is 17.1. The molecule has 3 aromatic carbocycles. The van der Waals surface area contributed by atoms with Crippen LogP contribution in [0.15, 0.2) is 90.2 Å². The monoisotopic (exact) mass is 466 g/mol. The van der Waals surface area contributed by atoms with Gasteiger partial charge in [0.1, 0.15) is 11.5 Å². The summed E-state index contributed by atoms with van der Waals surface area (Å²) in [5, 5.41) is 9.88. The number of nitrogens with one attached hydrogen (secondary N) is 2. The molecular formula is C28H26N4O3. The number of hydrogen-bond acceptors (Lipinski definition) is 4. The summed E-state index contributed by atoms with van der Waals surface area (Å²) in [6, 6.07) is 25.2. The Morgan fingerprint density at radius 3 is 2.54 bits per heavy atom. The summed E-state index contributed by atoms with van der Waals surface area (Å²) in [5.41, 5.74) is 4.19. The zero-order valence-corrected chi connectivity index (χ0v) is 19.4. The van der Waals surface area contributed by atoms with Gasteiger partial charge in [-0.1, -0.05) is 48.5 Å². The SMILES string of the molecule is COc1ccc(C(CNC(=O)C2=NN(c3ccccc3)C(=O)CC2)c2c[nH]c3ccccc23)cc1. The largest absolute Gasteiger partial charge is 0.497 e. The Hall–Kier alpha value is -4.39. The van der Waals surface area contributed by atoms with Crippen molar-refractivity contribution < 1.29 is 14.3 Å². The van der Waals surface area contributed by atoms with Gasteiger partial charge in [0.25, 0.3) is 5.91 Å². The first-order valence-electron chi connectivity index (χ1n) is 11.6. The molecule has 1 aliphatic heterocycles. The van der Waals surface area contributed by atoms with E-state index in [-0.39, 0.29) is 24.2 Å². The Bertz CT molecular complexity index is 1380. The maximum absolute atomic E-state index is 13.1. The van der Waals surface area contributed by atoms with E-state index in [2.05, 4.69) is 21.5 Å². The second-order valence-electron chi connectivity index (χ2n) is 8.41.